The molecule has 0 bridgehead atoms. The van der Waals surface area contributed by atoms with E-state index in [1.54, 1.807) is 48.6 Å². The first-order valence-corrected chi connectivity index (χ1v) is 9.11. The molecule has 1 aromatic heterocycles. The number of alkyl halides is 3. The van der Waals surface area contributed by atoms with Crippen molar-refractivity contribution < 1.29 is 27.5 Å². The van der Waals surface area contributed by atoms with Crippen LogP contribution in [0.1, 0.15) is 16.1 Å². The fourth-order valence-electron chi connectivity index (χ4n) is 2.92. The molecule has 0 aliphatic rings. The van der Waals surface area contributed by atoms with Crippen LogP contribution in [0.2, 0.25) is 0 Å². The Balaban J connectivity index is 2.10. The van der Waals surface area contributed by atoms with E-state index >= 15 is 0 Å². The number of carbonyl (C=O) groups is 2. The Hall–Kier alpha value is -3.82. The normalized spacial score (nSPS) is 13.2. The number of anilines is 1. The van der Waals surface area contributed by atoms with E-state index in [4.69, 9.17) is 0 Å². The highest BCUT2D eigenvalue weighted by Gasteiger charge is 2.64. The number of hydrogen-bond donors (Lipinski definition) is 2. The minimum Gasteiger partial charge on any atom is -0.466 e. The molecule has 1 heterocycles. The van der Waals surface area contributed by atoms with Gasteiger partial charge in [0.1, 0.15) is 5.82 Å². The molecule has 3 aromatic rings. The molecule has 10 heteroatoms. The SMILES string of the molecule is COC(=O)[C@@](NC(=O)c1ccccc1)(Nc1cc(C)nn1-c1ccccc1)C(F)(F)F. The van der Waals surface area contributed by atoms with Crippen LogP contribution in [-0.2, 0) is 9.53 Å². The summed E-state index contributed by atoms with van der Waals surface area (Å²) in [6.45, 7) is 1.58. The van der Waals surface area contributed by atoms with Crippen LogP contribution in [0.4, 0.5) is 19.0 Å². The third-order valence-corrected chi connectivity index (χ3v) is 4.40. The number of methoxy groups -OCH3 is 1. The van der Waals surface area contributed by atoms with Crippen molar-refractivity contribution in [2.75, 3.05) is 12.4 Å². The van der Waals surface area contributed by atoms with Crippen molar-refractivity contribution in [1.82, 2.24) is 15.1 Å². The Morgan fingerprint density at radius 1 is 1.00 bits per heavy atom. The Labute approximate surface area is 175 Å². The third-order valence-electron chi connectivity index (χ3n) is 4.40. The van der Waals surface area contributed by atoms with Crippen molar-refractivity contribution in [2.24, 2.45) is 0 Å². The summed E-state index contributed by atoms with van der Waals surface area (Å²) in [5, 5.41) is 8.12. The lowest BCUT2D eigenvalue weighted by atomic mass is 10.1. The maximum absolute atomic E-state index is 14.3. The number of para-hydroxylation sites is 1. The number of amides is 1. The number of aromatic nitrogens is 2. The molecule has 0 spiro atoms. The van der Waals surface area contributed by atoms with Gasteiger partial charge in [-0.05, 0) is 31.2 Å². The molecule has 0 radical (unpaired) electrons. The summed E-state index contributed by atoms with van der Waals surface area (Å²) < 4.78 is 48.6. The van der Waals surface area contributed by atoms with Gasteiger partial charge >= 0.3 is 17.8 Å². The number of hydrogen-bond acceptors (Lipinski definition) is 5. The molecule has 0 fully saturated rings. The number of esters is 1. The highest BCUT2D eigenvalue weighted by atomic mass is 19.4. The van der Waals surface area contributed by atoms with E-state index in [1.165, 1.54) is 35.0 Å². The average molecular weight is 432 g/mol. The van der Waals surface area contributed by atoms with Gasteiger partial charge in [-0.3, -0.25) is 4.79 Å². The van der Waals surface area contributed by atoms with Crippen molar-refractivity contribution in [1.29, 1.82) is 0 Å². The Bertz CT molecular complexity index is 1070. The molecule has 1 amide bonds. The number of ether oxygens (including phenoxy) is 1. The van der Waals surface area contributed by atoms with Crippen molar-refractivity contribution >= 4 is 17.7 Å². The zero-order valence-electron chi connectivity index (χ0n) is 16.6. The summed E-state index contributed by atoms with van der Waals surface area (Å²) in [6, 6.07) is 16.9. The van der Waals surface area contributed by atoms with Crippen LogP contribution < -0.4 is 10.6 Å². The van der Waals surface area contributed by atoms with E-state index in [2.05, 4.69) is 15.2 Å². The molecule has 162 valence electrons. The number of halogens is 3. The maximum atomic E-state index is 14.3. The number of nitrogens with one attached hydrogen (secondary N) is 2. The van der Waals surface area contributed by atoms with E-state index in [-0.39, 0.29) is 11.4 Å². The van der Waals surface area contributed by atoms with Crippen molar-refractivity contribution in [3.63, 3.8) is 0 Å². The van der Waals surface area contributed by atoms with Crippen LogP contribution in [0.5, 0.6) is 0 Å². The van der Waals surface area contributed by atoms with E-state index < -0.39 is 23.7 Å². The van der Waals surface area contributed by atoms with E-state index in [1.807, 2.05) is 0 Å². The predicted octanol–water partition coefficient (Wildman–Crippen LogP) is 3.45. The second-order valence-corrected chi connectivity index (χ2v) is 6.60. The number of nitrogens with zero attached hydrogens (tertiary/aromatic N) is 2. The first-order chi connectivity index (χ1) is 14.7. The Morgan fingerprint density at radius 2 is 1.58 bits per heavy atom. The number of benzene rings is 2. The molecule has 1 atom stereocenters. The topological polar surface area (TPSA) is 85.2 Å². The maximum Gasteiger partial charge on any atom is 0.441 e. The Kier molecular flexibility index (Phi) is 6.00. The first kappa shape index (κ1) is 21.9. The molecule has 2 N–H and O–H groups in total. The van der Waals surface area contributed by atoms with Gasteiger partial charge in [0.15, 0.2) is 0 Å². The van der Waals surface area contributed by atoms with Gasteiger partial charge in [-0.15, -0.1) is 0 Å². The molecule has 0 saturated carbocycles. The smallest absolute Gasteiger partial charge is 0.441 e. The lowest BCUT2D eigenvalue weighted by Crippen LogP contribution is -2.69. The van der Waals surface area contributed by atoms with Crippen LogP contribution >= 0.6 is 0 Å². The van der Waals surface area contributed by atoms with E-state index in [9.17, 15) is 22.8 Å². The van der Waals surface area contributed by atoms with Crippen molar-refractivity contribution in [2.45, 2.75) is 18.8 Å². The lowest BCUT2D eigenvalue weighted by Gasteiger charge is -2.35. The van der Waals surface area contributed by atoms with Gasteiger partial charge in [-0.2, -0.15) is 18.3 Å². The summed E-state index contributed by atoms with van der Waals surface area (Å²) in [4.78, 5) is 25.1. The van der Waals surface area contributed by atoms with Gasteiger partial charge in [0.25, 0.3) is 5.91 Å². The molecule has 31 heavy (non-hydrogen) atoms. The zero-order chi connectivity index (χ0) is 22.6. The monoisotopic (exact) mass is 432 g/mol. The third kappa shape index (κ3) is 4.37. The second kappa shape index (κ2) is 8.50. The molecule has 0 aliphatic carbocycles. The lowest BCUT2D eigenvalue weighted by molar-refractivity contribution is -0.203. The van der Waals surface area contributed by atoms with E-state index in [0.29, 0.717) is 11.4 Å². The average Bonchev–Trinajstić information content (AvgIpc) is 3.12. The van der Waals surface area contributed by atoms with Crippen LogP contribution in [0.15, 0.2) is 66.7 Å². The first-order valence-electron chi connectivity index (χ1n) is 9.11. The standard InChI is InChI=1S/C21H19F3N4O3/c1-14-13-17(28(27-14)16-11-7-4-8-12-16)25-20(19(30)31-2,21(22,23)24)26-18(29)15-9-5-3-6-10-15/h3-13,25H,1-2H3,(H,26,29)/t20-/m0/s1. The molecule has 0 saturated heterocycles. The second-order valence-electron chi connectivity index (χ2n) is 6.60. The molecule has 3 rings (SSSR count). The largest absolute Gasteiger partial charge is 0.466 e. The fourth-order valence-corrected chi connectivity index (χ4v) is 2.92. The predicted molar refractivity (Wildman–Crippen MR) is 107 cm³/mol. The minimum absolute atomic E-state index is 0.0606. The van der Waals surface area contributed by atoms with Crippen LogP contribution in [0, 0.1) is 6.92 Å². The van der Waals surface area contributed by atoms with Gasteiger partial charge in [0.2, 0.25) is 0 Å². The van der Waals surface area contributed by atoms with E-state index in [0.717, 1.165) is 7.11 Å². The van der Waals surface area contributed by atoms with Gasteiger partial charge in [0, 0.05) is 11.6 Å². The molecular formula is C21H19F3N4O3. The highest BCUT2D eigenvalue weighted by Crippen LogP contribution is 2.34. The molecule has 2 aromatic carbocycles. The van der Waals surface area contributed by atoms with Gasteiger partial charge in [-0.1, -0.05) is 36.4 Å². The van der Waals surface area contributed by atoms with Crippen LogP contribution in [0.3, 0.4) is 0 Å². The zero-order valence-corrected chi connectivity index (χ0v) is 16.6. The number of carbonyl (C=O) groups excluding carboxylic acids is 2. The molecule has 0 unspecified atom stereocenters. The summed E-state index contributed by atoms with van der Waals surface area (Å²) in [5.74, 6) is -3.01. The minimum atomic E-state index is -5.26. The fraction of sp³-hybridized carbons (Fsp3) is 0.190. The van der Waals surface area contributed by atoms with Crippen molar-refractivity contribution in [3.8, 4) is 5.69 Å². The van der Waals surface area contributed by atoms with Gasteiger partial charge in [0.05, 0.1) is 18.5 Å². The number of aryl methyl sites for hydroxylation is 1. The summed E-state index contributed by atoms with van der Waals surface area (Å²) in [5.41, 5.74) is -2.78. The van der Waals surface area contributed by atoms with Gasteiger partial charge in [-0.25, -0.2) is 9.48 Å². The van der Waals surface area contributed by atoms with Crippen LogP contribution in [0.25, 0.3) is 5.69 Å². The van der Waals surface area contributed by atoms with Crippen molar-refractivity contribution in [3.05, 3.63) is 78.0 Å². The van der Waals surface area contributed by atoms with Crippen LogP contribution in [-0.4, -0.2) is 40.6 Å². The Morgan fingerprint density at radius 3 is 2.13 bits per heavy atom. The summed E-state index contributed by atoms with van der Waals surface area (Å²) >= 11 is 0. The quantitative estimate of drug-likeness (QED) is 0.460. The molecule has 7 nitrogen and oxygen atoms in total. The molecule has 0 aliphatic heterocycles. The molecular weight excluding hydrogens is 413 g/mol. The summed E-state index contributed by atoms with van der Waals surface area (Å²) in [6.07, 6.45) is -5.26. The number of rotatable bonds is 6. The van der Waals surface area contributed by atoms with Gasteiger partial charge < -0.3 is 15.4 Å². The summed E-state index contributed by atoms with van der Waals surface area (Å²) in [7, 11) is 0.804. The highest BCUT2D eigenvalue weighted by molar-refractivity contribution is 5.99.